The Morgan fingerprint density at radius 2 is 2.23 bits per heavy atom. The minimum Gasteiger partial charge on any atom is -0.465 e. The number of carbonyl (C=O) groups excluding carboxylic acids is 1. The number of benzene rings is 1. The van der Waals surface area contributed by atoms with E-state index in [1.165, 1.54) is 7.11 Å². The number of nitrogens with one attached hydrogen (secondary N) is 1. The smallest absolute Gasteiger partial charge is 0.339 e. The molecule has 3 aromatic rings. The number of esters is 1. The average molecular weight is 473 g/mol. The fourth-order valence-corrected chi connectivity index (χ4v) is 3.05. The molecule has 3 rings (SSSR count). The van der Waals surface area contributed by atoms with Crippen LogP contribution in [-0.2, 0) is 4.74 Å². The summed E-state index contributed by atoms with van der Waals surface area (Å²) >= 11 is 5.58. The zero-order valence-corrected chi connectivity index (χ0v) is 15.1. The number of anilines is 2. The van der Waals surface area contributed by atoms with Crippen LogP contribution in [0.5, 0.6) is 0 Å². The molecule has 0 spiro atoms. The zero-order valence-electron chi connectivity index (χ0n) is 11.4. The minimum absolute atomic E-state index is 0.388. The molecule has 2 aromatic heterocycles. The maximum atomic E-state index is 11.6. The standard InChI is InChI=1S/C14H10BrIN4O2/c1-22-14(21)9-3-2-8(6-10(9)15)19-12-13-18-7-11(16)20(13)5-4-17-12/h2-7H,1H3,(H,17,19). The molecule has 0 unspecified atom stereocenters. The fourth-order valence-electron chi connectivity index (χ4n) is 1.98. The Morgan fingerprint density at radius 3 is 2.95 bits per heavy atom. The number of ether oxygens (including phenoxy) is 1. The van der Waals surface area contributed by atoms with Crippen LogP contribution in [0.2, 0.25) is 0 Å². The fraction of sp³-hybridized carbons (Fsp3) is 0.0714. The second kappa shape index (κ2) is 6.21. The van der Waals surface area contributed by atoms with E-state index in [1.54, 1.807) is 30.6 Å². The molecule has 0 bridgehead atoms. The van der Waals surface area contributed by atoms with Gasteiger partial charge < -0.3 is 10.1 Å². The van der Waals surface area contributed by atoms with E-state index >= 15 is 0 Å². The topological polar surface area (TPSA) is 68.5 Å². The van der Waals surface area contributed by atoms with E-state index in [2.05, 4.69) is 53.8 Å². The summed E-state index contributed by atoms with van der Waals surface area (Å²) < 4.78 is 8.31. The molecule has 1 N–H and O–H groups in total. The molecule has 112 valence electrons. The van der Waals surface area contributed by atoms with Crippen molar-refractivity contribution in [2.24, 2.45) is 0 Å². The highest BCUT2D eigenvalue weighted by atomic mass is 127. The van der Waals surface area contributed by atoms with Crippen molar-refractivity contribution >= 4 is 61.6 Å². The minimum atomic E-state index is -0.388. The number of imidazole rings is 1. The second-order valence-corrected chi connectivity index (χ2v) is 6.32. The van der Waals surface area contributed by atoms with Gasteiger partial charge >= 0.3 is 5.97 Å². The molecule has 0 atom stereocenters. The Bertz CT molecular complexity index is 865. The van der Waals surface area contributed by atoms with Crippen LogP contribution in [0.4, 0.5) is 11.5 Å². The molecular weight excluding hydrogens is 463 g/mol. The van der Waals surface area contributed by atoms with Crippen molar-refractivity contribution in [3.05, 3.63) is 50.5 Å². The maximum absolute atomic E-state index is 11.6. The number of halogens is 2. The lowest BCUT2D eigenvalue weighted by atomic mass is 10.2. The van der Waals surface area contributed by atoms with Crippen molar-refractivity contribution in [1.82, 2.24) is 14.4 Å². The van der Waals surface area contributed by atoms with E-state index in [0.717, 1.165) is 15.0 Å². The molecule has 2 heterocycles. The summed E-state index contributed by atoms with van der Waals surface area (Å²) in [7, 11) is 1.35. The molecule has 0 aliphatic heterocycles. The summed E-state index contributed by atoms with van der Waals surface area (Å²) in [6.07, 6.45) is 5.33. The van der Waals surface area contributed by atoms with E-state index in [0.29, 0.717) is 15.9 Å². The third kappa shape index (κ3) is 2.80. The van der Waals surface area contributed by atoms with Crippen molar-refractivity contribution in [2.75, 3.05) is 12.4 Å². The third-order valence-electron chi connectivity index (χ3n) is 3.02. The first-order valence-corrected chi connectivity index (χ1v) is 8.10. The Balaban J connectivity index is 1.95. The van der Waals surface area contributed by atoms with Gasteiger partial charge in [0.2, 0.25) is 0 Å². The molecule has 0 aliphatic rings. The summed E-state index contributed by atoms with van der Waals surface area (Å²) in [6.45, 7) is 0. The third-order valence-corrected chi connectivity index (χ3v) is 4.47. The van der Waals surface area contributed by atoms with E-state index < -0.39 is 0 Å². The molecule has 6 nitrogen and oxygen atoms in total. The van der Waals surface area contributed by atoms with E-state index in [1.807, 2.05) is 10.6 Å². The van der Waals surface area contributed by atoms with Crippen molar-refractivity contribution in [2.45, 2.75) is 0 Å². The van der Waals surface area contributed by atoms with Crippen LogP contribution in [0, 0.1) is 3.70 Å². The highest BCUT2D eigenvalue weighted by molar-refractivity contribution is 14.1. The van der Waals surface area contributed by atoms with Gasteiger partial charge in [-0.15, -0.1) is 0 Å². The normalized spacial score (nSPS) is 10.7. The number of methoxy groups -OCH3 is 1. The molecule has 0 fully saturated rings. The quantitative estimate of drug-likeness (QED) is 0.465. The van der Waals surface area contributed by atoms with Gasteiger partial charge in [-0.25, -0.2) is 14.8 Å². The van der Waals surface area contributed by atoms with Gasteiger partial charge in [-0.1, -0.05) is 0 Å². The van der Waals surface area contributed by atoms with Crippen molar-refractivity contribution in [3.8, 4) is 0 Å². The van der Waals surface area contributed by atoms with Crippen LogP contribution in [0.1, 0.15) is 10.4 Å². The van der Waals surface area contributed by atoms with Crippen LogP contribution in [0.3, 0.4) is 0 Å². The van der Waals surface area contributed by atoms with Crippen molar-refractivity contribution in [3.63, 3.8) is 0 Å². The van der Waals surface area contributed by atoms with Gasteiger partial charge in [0.25, 0.3) is 0 Å². The average Bonchev–Trinajstić information content (AvgIpc) is 2.89. The van der Waals surface area contributed by atoms with Gasteiger partial charge in [-0.3, -0.25) is 4.40 Å². The highest BCUT2D eigenvalue weighted by Gasteiger charge is 2.12. The number of fused-ring (bicyclic) bond motifs is 1. The van der Waals surface area contributed by atoms with E-state index in [9.17, 15) is 4.79 Å². The van der Waals surface area contributed by atoms with Crippen molar-refractivity contribution < 1.29 is 9.53 Å². The predicted octanol–water partition coefficient (Wildman–Crippen LogP) is 3.63. The zero-order chi connectivity index (χ0) is 15.7. The maximum Gasteiger partial charge on any atom is 0.339 e. The summed E-state index contributed by atoms with van der Waals surface area (Å²) in [6, 6.07) is 5.27. The first kappa shape index (κ1) is 15.2. The van der Waals surface area contributed by atoms with Gasteiger partial charge in [0, 0.05) is 22.6 Å². The first-order chi connectivity index (χ1) is 10.6. The number of aromatic nitrogens is 3. The summed E-state index contributed by atoms with van der Waals surface area (Å²) in [5, 5.41) is 3.21. The van der Waals surface area contributed by atoms with Gasteiger partial charge in [-0.05, 0) is 56.7 Å². The number of hydrogen-bond acceptors (Lipinski definition) is 5. The molecule has 0 saturated carbocycles. The molecule has 0 aliphatic carbocycles. The van der Waals surface area contributed by atoms with Crippen LogP contribution >= 0.6 is 38.5 Å². The largest absolute Gasteiger partial charge is 0.465 e. The number of nitrogens with zero attached hydrogens (tertiary/aromatic N) is 3. The number of rotatable bonds is 3. The first-order valence-electron chi connectivity index (χ1n) is 6.22. The van der Waals surface area contributed by atoms with Crippen molar-refractivity contribution in [1.29, 1.82) is 0 Å². The van der Waals surface area contributed by atoms with E-state index in [-0.39, 0.29) is 5.97 Å². The SMILES string of the molecule is COC(=O)c1ccc(Nc2nccn3c(I)cnc23)cc1Br. The lowest BCUT2D eigenvalue weighted by Crippen LogP contribution is -2.03. The Labute approximate surface area is 148 Å². The summed E-state index contributed by atoms with van der Waals surface area (Å²) in [5.41, 5.74) is 1.99. The van der Waals surface area contributed by atoms with Crippen LogP contribution in [-0.4, -0.2) is 27.4 Å². The number of hydrogen-bond donors (Lipinski definition) is 1. The van der Waals surface area contributed by atoms with Crippen LogP contribution in [0.15, 0.2) is 41.3 Å². The van der Waals surface area contributed by atoms with Gasteiger partial charge in [0.15, 0.2) is 11.5 Å². The molecule has 0 radical (unpaired) electrons. The Kier molecular flexibility index (Phi) is 4.30. The Hall–Kier alpha value is -1.68. The second-order valence-electron chi connectivity index (χ2n) is 4.36. The van der Waals surface area contributed by atoms with E-state index in [4.69, 9.17) is 4.74 Å². The monoisotopic (exact) mass is 472 g/mol. The Morgan fingerprint density at radius 1 is 1.41 bits per heavy atom. The summed E-state index contributed by atoms with van der Waals surface area (Å²) in [5.74, 6) is 0.254. The predicted molar refractivity (Wildman–Crippen MR) is 94.5 cm³/mol. The van der Waals surface area contributed by atoms with Gasteiger partial charge in [0.1, 0.15) is 3.70 Å². The highest BCUT2D eigenvalue weighted by Crippen LogP contribution is 2.25. The molecule has 8 heteroatoms. The molecular formula is C14H10BrIN4O2. The summed E-state index contributed by atoms with van der Waals surface area (Å²) in [4.78, 5) is 20.2. The molecule has 22 heavy (non-hydrogen) atoms. The number of carbonyl (C=O) groups is 1. The van der Waals surface area contributed by atoms with Crippen LogP contribution in [0.25, 0.3) is 5.65 Å². The lowest BCUT2D eigenvalue weighted by molar-refractivity contribution is 0.0599. The van der Waals surface area contributed by atoms with Gasteiger partial charge in [-0.2, -0.15) is 0 Å². The molecule has 0 amide bonds. The van der Waals surface area contributed by atoms with Crippen LogP contribution < -0.4 is 5.32 Å². The molecule has 1 aromatic carbocycles. The molecule has 0 saturated heterocycles. The van der Waals surface area contributed by atoms with Gasteiger partial charge in [0.05, 0.1) is 18.9 Å². The lowest BCUT2D eigenvalue weighted by Gasteiger charge is -2.09.